The number of carbonyl (C=O) groups excluding carboxylic acids is 1. The van der Waals surface area contributed by atoms with Crippen molar-refractivity contribution in [1.82, 2.24) is 10.3 Å². The highest BCUT2D eigenvalue weighted by atomic mass is 32.2. The van der Waals surface area contributed by atoms with E-state index in [2.05, 4.69) is 10.3 Å². The van der Waals surface area contributed by atoms with Crippen molar-refractivity contribution in [2.75, 3.05) is 12.5 Å². The molecule has 0 aliphatic rings. The fraction of sp³-hybridized carbons (Fsp3) is 0.200. The third-order valence-electron chi connectivity index (χ3n) is 5.86. The fourth-order valence-corrected chi connectivity index (χ4v) is 5.52. The Labute approximate surface area is 202 Å². The third kappa shape index (κ3) is 4.71. The molecule has 35 heavy (non-hydrogen) atoms. The van der Waals surface area contributed by atoms with Crippen molar-refractivity contribution in [2.24, 2.45) is 0 Å². The molecule has 0 fully saturated rings. The monoisotopic (exact) mass is 512 g/mol. The fourth-order valence-electron chi connectivity index (χ4n) is 3.97. The van der Waals surface area contributed by atoms with Crippen LogP contribution in [0.4, 0.5) is 0 Å². The Morgan fingerprint density at radius 3 is 2.17 bits per heavy atom. The van der Waals surface area contributed by atoms with Gasteiger partial charge in [0.2, 0.25) is 0 Å². The summed E-state index contributed by atoms with van der Waals surface area (Å²) in [6.45, 7) is 3.37. The molecule has 8 nitrogen and oxygen atoms in total. The molecule has 4 aromatic rings. The van der Waals surface area contributed by atoms with Crippen molar-refractivity contribution < 1.29 is 21.6 Å². The molecule has 2 N–H and O–H groups in total. The first-order valence-corrected chi connectivity index (χ1v) is 14.4. The zero-order chi connectivity index (χ0) is 25.8. The Balaban J connectivity index is 1.86. The molecular formula is C25H24N2O6S2. The third-order valence-corrected chi connectivity index (χ3v) is 8.11. The quantitative estimate of drug-likeness (QED) is 0.395. The Morgan fingerprint density at radius 1 is 0.829 bits per heavy atom. The van der Waals surface area contributed by atoms with Gasteiger partial charge in [0.1, 0.15) is 0 Å². The lowest BCUT2D eigenvalue weighted by molar-refractivity contribution is 0.0908. The number of hydrogen-bond donors (Lipinski definition) is 2. The zero-order valence-electron chi connectivity index (χ0n) is 19.5. The number of pyridine rings is 1. The van der Waals surface area contributed by atoms with Crippen molar-refractivity contribution >= 4 is 47.4 Å². The van der Waals surface area contributed by atoms with Crippen LogP contribution in [0.1, 0.15) is 29.8 Å². The minimum atomic E-state index is -3.88. The number of aromatic amines is 1. The predicted molar refractivity (Wildman–Crippen MR) is 135 cm³/mol. The van der Waals surface area contributed by atoms with Crippen molar-refractivity contribution in [3.8, 4) is 0 Å². The Bertz CT molecular complexity index is 1790. The van der Waals surface area contributed by atoms with Gasteiger partial charge in [0, 0.05) is 28.8 Å². The van der Waals surface area contributed by atoms with E-state index in [1.165, 1.54) is 24.3 Å². The molecule has 1 amide bonds. The maximum atomic E-state index is 13.4. The second-order valence-corrected chi connectivity index (χ2v) is 13.0. The Kier molecular flexibility index (Phi) is 5.85. The topological polar surface area (TPSA) is 130 Å². The van der Waals surface area contributed by atoms with Crippen LogP contribution in [0.3, 0.4) is 0 Å². The minimum absolute atomic E-state index is 0.101. The van der Waals surface area contributed by atoms with Gasteiger partial charge in [-0.05, 0) is 55.8 Å². The van der Waals surface area contributed by atoms with E-state index in [9.17, 15) is 26.4 Å². The van der Waals surface area contributed by atoms with Crippen LogP contribution in [-0.2, 0) is 25.2 Å². The molecule has 4 rings (SSSR count). The number of H-pyrrole nitrogens is 1. The number of rotatable bonds is 5. The van der Waals surface area contributed by atoms with E-state index in [0.29, 0.717) is 22.0 Å². The van der Waals surface area contributed by atoms with E-state index in [1.54, 1.807) is 50.2 Å². The molecule has 1 aromatic heterocycles. The largest absolute Gasteiger partial charge is 0.354 e. The van der Waals surface area contributed by atoms with Gasteiger partial charge >= 0.3 is 0 Å². The lowest BCUT2D eigenvalue weighted by atomic mass is 9.93. The highest BCUT2D eigenvalue weighted by molar-refractivity contribution is 7.91. The molecule has 0 aliphatic heterocycles. The van der Waals surface area contributed by atoms with Gasteiger partial charge in [0.25, 0.3) is 5.91 Å². The smallest absolute Gasteiger partial charge is 0.253 e. The summed E-state index contributed by atoms with van der Waals surface area (Å²) in [7, 11) is -7.34. The van der Waals surface area contributed by atoms with Crippen LogP contribution in [0.2, 0.25) is 0 Å². The molecule has 0 bridgehead atoms. The van der Waals surface area contributed by atoms with Crippen LogP contribution in [0.15, 0.2) is 75.2 Å². The van der Waals surface area contributed by atoms with Crippen LogP contribution in [0.5, 0.6) is 0 Å². The first-order chi connectivity index (χ1) is 16.2. The SMILES string of the molecule is CC(C)(NC(=O)c1cc2[nH]c3ccccc3c(=O)c2cc1S(C)(=O)=O)c1cccc(S(C)(=O)=O)c1. The Morgan fingerprint density at radius 2 is 1.51 bits per heavy atom. The number of para-hydroxylation sites is 1. The number of fused-ring (bicyclic) bond motifs is 2. The highest BCUT2D eigenvalue weighted by Gasteiger charge is 2.28. The van der Waals surface area contributed by atoms with Gasteiger partial charge in [-0.25, -0.2) is 16.8 Å². The van der Waals surface area contributed by atoms with Crippen molar-refractivity contribution in [2.45, 2.75) is 29.2 Å². The summed E-state index contributed by atoms with van der Waals surface area (Å²) in [5.74, 6) is -0.684. The minimum Gasteiger partial charge on any atom is -0.354 e. The normalized spacial score (nSPS) is 12.7. The average molecular weight is 513 g/mol. The van der Waals surface area contributed by atoms with Gasteiger partial charge in [-0.15, -0.1) is 0 Å². The first-order valence-electron chi connectivity index (χ1n) is 10.6. The van der Waals surface area contributed by atoms with Gasteiger partial charge in [-0.1, -0.05) is 24.3 Å². The summed E-state index contributed by atoms with van der Waals surface area (Å²) in [6.07, 6.45) is 2.07. The standard InChI is InChI=1S/C25H24N2O6S2/c1-25(2,15-8-7-9-16(12-15)34(3,30)31)27-24(29)19-13-21-18(14-22(19)35(4,32)33)23(28)17-10-5-6-11-20(17)26-21/h5-14H,1-4H3,(H,26,28)(H,27,29). The molecule has 0 spiro atoms. The van der Waals surface area contributed by atoms with Crippen LogP contribution < -0.4 is 10.7 Å². The molecule has 0 saturated heterocycles. The molecular weight excluding hydrogens is 488 g/mol. The summed E-state index contributed by atoms with van der Waals surface area (Å²) < 4.78 is 49.2. The molecule has 0 atom stereocenters. The molecule has 0 radical (unpaired) electrons. The first kappa shape index (κ1) is 24.6. The number of hydrogen-bond acceptors (Lipinski definition) is 6. The van der Waals surface area contributed by atoms with Crippen molar-refractivity contribution in [1.29, 1.82) is 0 Å². The van der Waals surface area contributed by atoms with Crippen molar-refractivity contribution in [3.63, 3.8) is 0 Å². The number of amides is 1. The number of aromatic nitrogens is 1. The molecule has 10 heteroatoms. The number of benzene rings is 3. The highest BCUT2D eigenvalue weighted by Crippen LogP contribution is 2.27. The Hall–Kier alpha value is -3.50. The van der Waals surface area contributed by atoms with Gasteiger partial charge in [0.15, 0.2) is 25.1 Å². The van der Waals surface area contributed by atoms with E-state index >= 15 is 0 Å². The van der Waals surface area contributed by atoms with E-state index < -0.39 is 31.1 Å². The van der Waals surface area contributed by atoms with E-state index in [4.69, 9.17) is 0 Å². The number of sulfone groups is 2. The van der Waals surface area contributed by atoms with E-state index in [1.807, 2.05) is 0 Å². The van der Waals surface area contributed by atoms with Crippen LogP contribution in [-0.4, -0.2) is 40.2 Å². The van der Waals surface area contributed by atoms with Crippen molar-refractivity contribution in [3.05, 3.63) is 82.0 Å². The summed E-state index contributed by atoms with van der Waals surface area (Å²) >= 11 is 0. The van der Waals surface area contributed by atoms with Crippen LogP contribution >= 0.6 is 0 Å². The zero-order valence-corrected chi connectivity index (χ0v) is 21.2. The maximum Gasteiger partial charge on any atom is 0.253 e. The van der Waals surface area contributed by atoms with Crippen LogP contribution in [0, 0.1) is 0 Å². The molecule has 0 saturated carbocycles. The molecule has 0 aliphatic carbocycles. The molecule has 3 aromatic carbocycles. The summed E-state index contributed by atoms with van der Waals surface area (Å²) in [5.41, 5.74) is -0.111. The summed E-state index contributed by atoms with van der Waals surface area (Å²) in [5, 5.41) is 3.37. The molecule has 1 heterocycles. The van der Waals surface area contributed by atoms with E-state index in [0.717, 1.165) is 12.5 Å². The molecule has 0 unspecified atom stereocenters. The van der Waals surface area contributed by atoms with Gasteiger partial charge in [-0.3, -0.25) is 9.59 Å². The second kappa shape index (κ2) is 8.31. The van der Waals surface area contributed by atoms with E-state index in [-0.39, 0.29) is 26.2 Å². The average Bonchev–Trinajstić information content (AvgIpc) is 2.77. The van der Waals surface area contributed by atoms with Crippen LogP contribution in [0.25, 0.3) is 21.8 Å². The summed E-state index contributed by atoms with van der Waals surface area (Å²) in [6, 6.07) is 15.6. The maximum absolute atomic E-state index is 13.4. The lowest BCUT2D eigenvalue weighted by Crippen LogP contribution is -2.41. The predicted octanol–water partition coefficient (Wildman–Crippen LogP) is 3.15. The second-order valence-electron chi connectivity index (χ2n) is 9.04. The summed E-state index contributed by atoms with van der Waals surface area (Å²) in [4.78, 5) is 29.3. The lowest BCUT2D eigenvalue weighted by Gasteiger charge is -2.28. The van der Waals surface area contributed by atoms with Gasteiger partial charge in [-0.2, -0.15) is 0 Å². The number of carbonyl (C=O) groups is 1. The van der Waals surface area contributed by atoms with Gasteiger partial charge in [0.05, 0.1) is 26.4 Å². The number of nitrogens with one attached hydrogen (secondary N) is 2. The molecule has 182 valence electrons. The van der Waals surface area contributed by atoms with Gasteiger partial charge < -0.3 is 10.3 Å².